The molecule has 0 bridgehead atoms. The van der Waals surface area contributed by atoms with Crippen molar-refractivity contribution in [3.05, 3.63) is 29.3 Å². The molecule has 16 heavy (non-hydrogen) atoms. The summed E-state index contributed by atoms with van der Waals surface area (Å²) in [5.74, 6) is 1.58. The van der Waals surface area contributed by atoms with E-state index in [-0.39, 0.29) is 6.61 Å². The zero-order valence-electron chi connectivity index (χ0n) is 9.40. The molecule has 0 atom stereocenters. The average molecular weight is 220 g/mol. The minimum atomic E-state index is 0.102. The Balaban J connectivity index is 2.26. The Hall–Kier alpha value is -1.48. The lowest BCUT2D eigenvalue weighted by Gasteiger charge is -2.18. The molecular weight excluding hydrogens is 204 g/mol. The van der Waals surface area contributed by atoms with Crippen molar-refractivity contribution in [3.8, 4) is 11.5 Å². The van der Waals surface area contributed by atoms with Crippen LogP contribution in [-0.4, -0.2) is 24.9 Å². The van der Waals surface area contributed by atoms with E-state index in [2.05, 4.69) is 0 Å². The quantitative estimate of drug-likeness (QED) is 0.849. The number of aliphatic hydroxyl groups excluding tert-OH is 1. The lowest BCUT2D eigenvalue weighted by Crippen LogP contribution is -2.15. The molecule has 1 heterocycles. The monoisotopic (exact) mass is 220 g/mol. The number of ether oxygens (including phenoxy) is 2. The van der Waals surface area contributed by atoms with Gasteiger partial charge >= 0.3 is 0 Å². The van der Waals surface area contributed by atoms with Gasteiger partial charge in [-0.05, 0) is 29.7 Å². The van der Waals surface area contributed by atoms with Gasteiger partial charge in [-0.2, -0.15) is 0 Å². The van der Waals surface area contributed by atoms with Crippen LogP contribution in [0.25, 0.3) is 6.08 Å². The Morgan fingerprint density at radius 2 is 2.06 bits per heavy atom. The van der Waals surface area contributed by atoms with E-state index in [9.17, 15) is 0 Å². The van der Waals surface area contributed by atoms with Crippen LogP contribution in [0.1, 0.15) is 18.9 Å². The molecular formula is C13H16O3. The molecule has 3 heteroatoms. The predicted molar refractivity (Wildman–Crippen MR) is 62.8 cm³/mol. The summed E-state index contributed by atoms with van der Waals surface area (Å²) in [5, 5.41) is 9.10. The van der Waals surface area contributed by atoms with Gasteiger partial charge in [0.15, 0.2) is 11.5 Å². The minimum absolute atomic E-state index is 0.102. The second-order valence-corrected chi connectivity index (χ2v) is 3.72. The molecule has 0 saturated carbocycles. The highest BCUT2D eigenvalue weighted by atomic mass is 16.6. The molecule has 1 aromatic rings. The first kappa shape index (κ1) is 11.0. The van der Waals surface area contributed by atoms with Crippen LogP contribution in [-0.2, 0) is 0 Å². The SMILES string of the molecule is CCC(=Cc1ccc2c(c1)OCCO2)CO. The molecule has 1 aliphatic heterocycles. The lowest BCUT2D eigenvalue weighted by atomic mass is 10.1. The Bertz CT molecular complexity index is 390. The Labute approximate surface area is 95.3 Å². The van der Waals surface area contributed by atoms with Crippen LogP contribution in [0.3, 0.4) is 0 Å². The number of aliphatic hydroxyl groups is 1. The van der Waals surface area contributed by atoms with Crippen LogP contribution >= 0.6 is 0 Å². The van der Waals surface area contributed by atoms with Crippen molar-refractivity contribution in [2.75, 3.05) is 19.8 Å². The van der Waals surface area contributed by atoms with Gasteiger partial charge in [0, 0.05) is 0 Å². The summed E-state index contributed by atoms with van der Waals surface area (Å²) >= 11 is 0. The first-order valence-corrected chi connectivity index (χ1v) is 5.53. The van der Waals surface area contributed by atoms with Gasteiger partial charge in [0.1, 0.15) is 13.2 Å². The van der Waals surface area contributed by atoms with Crippen LogP contribution in [0, 0.1) is 0 Å². The maximum Gasteiger partial charge on any atom is 0.161 e. The molecule has 0 unspecified atom stereocenters. The smallest absolute Gasteiger partial charge is 0.161 e. The Morgan fingerprint density at radius 3 is 2.75 bits per heavy atom. The van der Waals surface area contributed by atoms with Crippen molar-refractivity contribution in [2.24, 2.45) is 0 Å². The highest BCUT2D eigenvalue weighted by Gasteiger charge is 2.10. The summed E-state index contributed by atoms with van der Waals surface area (Å²) < 4.78 is 10.9. The highest BCUT2D eigenvalue weighted by molar-refractivity contribution is 5.58. The molecule has 0 aliphatic carbocycles. The minimum Gasteiger partial charge on any atom is -0.486 e. The normalized spacial score (nSPS) is 15.0. The fourth-order valence-corrected chi connectivity index (χ4v) is 1.64. The zero-order valence-corrected chi connectivity index (χ0v) is 9.40. The topological polar surface area (TPSA) is 38.7 Å². The third-order valence-corrected chi connectivity index (χ3v) is 2.59. The lowest BCUT2D eigenvalue weighted by molar-refractivity contribution is 0.171. The van der Waals surface area contributed by atoms with E-state index in [4.69, 9.17) is 14.6 Å². The fourth-order valence-electron chi connectivity index (χ4n) is 1.64. The van der Waals surface area contributed by atoms with Crippen molar-refractivity contribution in [3.63, 3.8) is 0 Å². The maximum absolute atomic E-state index is 9.10. The second kappa shape index (κ2) is 5.03. The third kappa shape index (κ3) is 2.36. The summed E-state index contributed by atoms with van der Waals surface area (Å²) in [6.07, 6.45) is 2.84. The summed E-state index contributed by atoms with van der Waals surface area (Å²) in [4.78, 5) is 0. The molecule has 1 aromatic carbocycles. The fraction of sp³-hybridized carbons (Fsp3) is 0.385. The van der Waals surface area contributed by atoms with Crippen molar-refractivity contribution in [1.29, 1.82) is 0 Å². The second-order valence-electron chi connectivity index (χ2n) is 3.72. The molecule has 0 fully saturated rings. The predicted octanol–water partition coefficient (Wildman–Crippen LogP) is 2.24. The van der Waals surface area contributed by atoms with Gasteiger partial charge in [-0.15, -0.1) is 0 Å². The standard InChI is InChI=1S/C13H16O3/c1-2-10(9-14)7-11-3-4-12-13(8-11)16-6-5-15-12/h3-4,7-8,14H,2,5-6,9H2,1H3. The molecule has 0 amide bonds. The van der Waals surface area contributed by atoms with Crippen molar-refractivity contribution in [1.82, 2.24) is 0 Å². The summed E-state index contributed by atoms with van der Waals surface area (Å²) in [7, 11) is 0. The molecule has 0 aromatic heterocycles. The number of fused-ring (bicyclic) bond motifs is 1. The highest BCUT2D eigenvalue weighted by Crippen LogP contribution is 2.31. The van der Waals surface area contributed by atoms with E-state index < -0.39 is 0 Å². The van der Waals surface area contributed by atoms with Gasteiger partial charge in [-0.25, -0.2) is 0 Å². The van der Waals surface area contributed by atoms with Crippen LogP contribution in [0.15, 0.2) is 23.8 Å². The van der Waals surface area contributed by atoms with E-state index >= 15 is 0 Å². The molecule has 3 nitrogen and oxygen atoms in total. The van der Waals surface area contributed by atoms with Crippen LogP contribution in [0.5, 0.6) is 11.5 Å². The van der Waals surface area contributed by atoms with Crippen molar-refractivity contribution in [2.45, 2.75) is 13.3 Å². The van der Waals surface area contributed by atoms with Gasteiger partial charge in [-0.1, -0.05) is 19.1 Å². The molecule has 0 radical (unpaired) electrons. The third-order valence-electron chi connectivity index (χ3n) is 2.59. The number of benzene rings is 1. The van der Waals surface area contributed by atoms with Gasteiger partial charge in [0.05, 0.1) is 6.61 Å². The summed E-state index contributed by atoms with van der Waals surface area (Å²) in [6.45, 7) is 3.34. The van der Waals surface area contributed by atoms with Crippen LogP contribution < -0.4 is 9.47 Å². The van der Waals surface area contributed by atoms with E-state index in [1.165, 1.54) is 0 Å². The first-order valence-electron chi connectivity index (χ1n) is 5.53. The van der Waals surface area contributed by atoms with Crippen LogP contribution in [0.4, 0.5) is 0 Å². The maximum atomic E-state index is 9.10. The van der Waals surface area contributed by atoms with E-state index in [1.54, 1.807) is 0 Å². The summed E-state index contributed by atoms with van der Waals surface area (Å²) in [5.41, 5.74) is 2.05. The number of hydrogen-bond donors (Lipinski definition) is 1. The van der Waals surface area contributed by atoms with Gasteiger partial charge in [0.2, 0.25) is 0 Å². The Morgan fingerprint density at radius 1 is 1.31 bits per heavy atom. The van der Waals surface area contributed by atoms with Gasteiger partial charge < -0.3 is 14.6 Å². The molecule has 2 rings (SSSR count). The largest absolute Gasteiger partial charge is 0.486 e. The molecule has 1 aliphatic rings. The van der Waals surface area contributed by atoms with E-state index in [1.807, 2.05) is 31.2 Å². The summed E-state index contributed by atoms with van der Waals surface area (Å²) in [6, 6.07) is 5.82. The number of rotatable bonds is 3. The van der Waals surface area contributed by atoms with E-state index in [0.717, 1.165) is 29.1 Å². The Kier molecular flexibility index (Phi) is 3.47. The molecule has 0 saturated heterocycles. The average Bonchev–Trinajstić information content (AvgIpc) is 2.35. The first-order chi connectivity index (χ1) is 7.83. The van der Waals surface area contributed by atoms with E-state index in [0.29, 0.717) is 13.2 Å². The number of hydrogen-bond acceptors (Lipinski definition) is 3. The molecule has 1 N–H and O–H groups in total. The van der Waals surface area contributed by atoms with Crippen LogP contribution in [0.2, 0.25) is 0 Å². The molecule has 0 spiro atoms. The molecule has 86 valence electrons. The van der Waals surface area contributed by atoms with Gasteiger partial charge in [-0.3, -0.25) is 0 Å². The zero-order chi connectivity index (χ0) is 11.4. The van der Waals surface area contributed by atoms with Crippen molar-refractivity contribution < 1.29 is 14.6 Å². The van der Waals surface area contributed by atoms with Crippen molar-refractivity contribution >= 4 is 6.08 Å². The van der Waals surface area contributed by atoms with Gasteiger partial charge in [0.25, 0.3) is 0 Å².